The number of rotatable bonds is 5. The molecule has 0 saturated carbocycles. The topological polar surface area (TPSA) is 58.6 Å². The lowest BCUT2D eigenvalue weighted by atomic mass is 10.1. The summed E-state index contributed by atoms with van der Waals surface area (Å²) in [6, 6.07) is 24.2. The number of aliphatic imine (C=N–C) groups is 1. The molecule has 0 fully saturated rings. The van der Waals surface area contributed by atoms with E-state index in [-0.39, 0.29) is 0 Å². The zero-order valence-electron chi connectivity index (χ0n) is 16.1. The average molecular weight is 383 g/mol. The van der Waals surface area contributed by atoms with Crippen LogP contribution >= 0.6 is 0 Å². The molecule has 0 radical (unpaired) electrons. The van der Waals surface area contributed by atoms with E-state index in [2.05, 4.69) is 51.7 Å². The lowest BCUT2D eigenvalue weighted by Gasteiger charge is -2.07. The molecule has 5 heteroatoms. The summed E-state index contributed by atoms with van der Waals surface area (Å²) < 4.78 is 11.1. The van der Waals surface area contributed by atoms with Gasteiger partial charge in [0.1, 0.15) is 23.1 Å². The molecule has 0 aliphatic carbocycles. The van der Waals surface area contributed by atoms with Gasteiger partial charge in [-0.05, 0) is 66.2 Å². The van der Waals surface area contributed by atoms with Gasteiger partial charge in [-0.3, -0.25) is 4.99 Å². The van der Waals surface area contributed by atoms with Crippen molar-refractivity contribution in [1.29, 1.82) is 0 Å². The van der Waals surface area contributed by atoms with E-state index >= 15 is 0 Å². The van der Waals surface area contributed by atoms with E-state index in [4.69, 9.17) is 9.47 Å². The maximum Gasteiger partial charge on any atom is 0.128 e. The summed E-state index contributed by atoms with van der Waals surface area (Å²) in [5, 5.41) is 4.51. The standard InChI is InChI=1S/C24H21N3O2/c1-28-19-8-10-21(11-9-19)29-20-6-4-16(5-7-20)22-14-17-2-3-18(15-23(17)27-22)24-25-12-13-26-24/h2-11,14-15,27H,12-13H2,1H3,(H,25,26). The Balaban J connectivity index is 1.36. The van der Waals surface area contributed by atoms with Crippen LogP contribution in [0.25, 0.3) is 22.2 Å². The molecule has 5 nitrogen and oxygen atoms in total. The van der Waals surface area contributed by atoms with Crippen LogP contribution in [0.3, 0.4) is 0 Å². The van der Waals surface area contributed by atoms with E-state index in [1.54, 1.807) is 7.11 Å². The predicted octanol–water partition coefficient (Wildman–Crippen LogP) is 4.99. The molecule has 0 spiro atoms. The number of benzene rings is 3. The summed E-state index contributed by atoms with van der Waals surface area (Å²) in [4.78, 5) is 8.02. The van der Waals surface area contributed by atoms with Crippen molar-refractivity contribution in [2.45, 2.75) is 0 Å². The molecular weight excluding hydrogens is 362 g/mol. The van der Waals surface area contributed by atoms with Crippen LogP contribution in [0.15, 0.2) is 77.8 Å². The highest BCUT2D eigenvalue weighted by Crippen LogP contribution is 2.29. The van der Waals surface area contributed by atoms with Gasteiger partial charge >= 0.3 is 0 Å². The number of nitrogens with zero attached hydrogens (tertiary/aromatic N) is 1. The molecule has 0 saturated heterocycles. The zero-order chi connectivity index (χ0) is 19.6. The highest BCUT2D eigenvalue weighted by atomic mass is 16.5. The summed E-state index contributed by atoms with van der Waals surface area (Å²) in [5.41, 5.74) is 4.41. The number of fused-ring (bicyclic) bond motifs is 1. The number of aromatic amines is 1. The molecule has 0 bridgehead atoms. The van der Waals surface area contributed by atoms with Gasteiger partial charge in [-0.25, -0.2) is 0 Å². The minimum atomic E-state index is 0.778. The molecule has 29 heavy (non-hydrogen) atoms. The van der Waals surface area contributed by atoms with E-state index in [0.29, 0.717) is 0 Å². The molecule has 144 valence electrons. The Morgan fingerprint density at radius 2 is 1.48 bits per heavy atom. The van der Waals surface area contributed by atoms with E-state index in [1.165, 1.54) is 5.39 Å². The second-order valence-corrected chi connectivity index (χ2v) is 6.94. The molecule has 2 N–H and O–H groups in total. The lowest BCUT2D eigenvalue weighted by Crippen LogP contribution is -2.19. The maximum atomic E-state index is 5.91. The first-order chi connectivity index (χ1) is 14.3. The smallest absolute Gasteiger partial charge is 0.128 e. The fraction of sp³-hybridized carbons (Fsp3) is 0.125. The van der Waals surface area contributed by atoms with E-state index in [1.807, 2.05) is 36.4 Å². The van der Waals surface area contributed by atoms with E-state index in [9.17, 15) is 0 Å². The molecule has 0 atom stereocenters. The number of hydrogen-bond acceptors (Lipinski definition) is 4. The first-order valence-electron chi connectivity index (χ1n) is 9.62. The Morgan fingerprint density at radius 1 is 0.793 bits per heavy atom. The number of hydrogen-bond donors (Lipinski definition) is 2. The Bertz CT molecular complexity index is 1180. The lowest BCUT2D eigenvalue weighted by molar-refractivity contribution is 0.413. The summed E-state index contributed by atoms with van der Waals surface area (Å²) in [6.07, 6.45) is 0. The quantitative estimate of drug-likeness (QED) is 0.511. The van der Waals surface area contributed by atoms with Gasteiger partial charge in [0.05, 0.1) is 13.7 Å². The van der Waals surface area contributed by atoms with Crippen LogP contribution in [-0.2, 0) is 0 Å². The Kier molecular flexibility index (Phi) is 4.41. The van der Waals surface area contributed by atoms with Gasteiger partial charge in [-0.15, -0.1) is 0 Å². The fourth-order valence-corrected chi connectivity index (χ4v) is 3.50. The molecule has 1 aliphatic heterocycles. The summed E-state index contributed by atoms with van der Waals surface area (Å²) >= 11 is 0. The van der Waals surface area contributed by atoms with Crippen molar-refractivity contribution in [3.8, 4) is 28.5 Å². The molecule has 0 amide bonds. The number of aromatic nitrogens is 1. The van der Waals surface area contributed by atoms with Gasteiger partial charge in [0.15, 0.2) is 0 Å². The number of methoxy groups -OCH3 is 1. The highest BCUT2D eigenvalue weighted by Gasteiger charge is 2.10. The fourth-order valence-electron chi connectivity index (χ4n) is 3.50. The molecule has 2 heterocycles. The predicted molar refractivity (Wildman–Crippen MR) is 116 cm³/mol. The molecule has 3 aromatic carbocycles. The summed E-state index contributed by atoms with van der Waals surface area (Å²) in [6.45, 7) is 1.75. The Morgan fingerprint density at radius 3 is 2.17 bits per heavy atom. The van der Waals surface area contributed by atoms with Gasteiger partial charge in [0, 0.05) is 28.7 Å². The largest absolute Gasteiger partial charge is 0.497 e. The van der Waals surface area contributed by atoms with Crippen molar-refractivity contribution in [2.24, 2.45) is 4.99 Å². The average Bonchev–Trinajstić information content (AvgIpc) is 3.44. The minimum absolute atomic E-state index is 0.778. The highest BCUT2D eigenvalue weighted by molar-refractivity contribution is 6.02. The van der Waals surface area contributed by atoms with Gasteiger partial charge in [0.25, 0.3) is 0 Å². The molecule has 0 unspecified atom stereocenters. The van der Waals surface area contributed by atoms with Crippen LogP contribution in [0, 0.1) is 0 Å². The summed E-state index contributed by atoms with van der Waals surface area (Å²) in [5.74, 6) is 3.36. The first-order valence-corrected chi connectivity index (χ1v) is 9.62. The van der Waals surface area contributed by atoms with Crippen LogP contribution in [0.1, 0.15) is 5.56 Å². The van der Waals surface area contributed by atoms with Crippen molar-refractivity contribution < 1.29 is 9.47 Å². The van der Waals surface area contributed by atoms with Gasteiger partial charge in [0.2, 0.25) is 0 Å². The molecule has 1 aromatic heterocycles. The second kappa shape index (κ2) is 7.36. The number of ether oxygens (including phenoxy) is 2. The molecular formula is C24H21N3O2. The molecule has 1 aliphatic rings. The van der Waals surface area contributed by atoms with Gasteiger partial charge in [-0.2, -0.15) is 0 Å². The Labute approximate surface area is 169 Å². The Hall–Kier alpha value is -3.73. The van der Waals surface area contributed by atoms with Crippen LogP contribution in [0.5, 0.6) is 17.2 Å². The van der Waals surface area contributed by atoms with E-state index in [0.717, 1.165) is 58.5 Å². The summed E-state index contributed by atoms with van der Waals surface area (Å²) in [7, 11) is 1.65. The van der Waals surface area contributed by atoms with Crippen molar-refractivity contribution in [3.05, 3.63) is 78.4 Å². The van der Waals surface area contributed by atoms with Crippen LogP contribution < -0.4 is 14.8 Å². The molecule has 5 rings (SSSR count). The zero-order valence-corrected chi connectivity index (χ0v) is 16.1. The van der Waals surface area contributed by atoms with Crippen LogP contribution in [0.4, 0.5) is 0 Å². The van der Waals surface area contributed by atoms with Crippen molar-refractivity contribution in [1.82, 2.24) is 10.3 Å². The van der Waals surface area contributed by atoms with Gasteiger partial charge < -0.3 is 19.8 Å². The van der Waals surface area contributed by atoms with Crippen molar-refractivity contribution in [3.63, 3.8) is 0 Å². The second-order valence-electron chi connectivity index (χ2n) is 6.94. The third-order valence-electron chi connectivity index (χ3n) is 5.03. The first kappa shape index (κ1) is 17.4. The maximum absolute atomic E-state index is 5.91. The number of amidine groups is 1. The minimum Gasteiger partial charge on any atom is -0.497 e. The molecule has 4 aromatic rings. The SMILES string of the molecule is COc1ccc(Oc2ccc(-c3cc4ccc(C5=NCCN5)cc4[nH]3)cc2)cc1. The van der Waals surface area contributed by atoms with E-state index < -0.39 is 0 Å². The van der Waals surface area contributed by atoms with Crippen molar-refractivity contribution in [2.75, 3.05) is 20.2 Å². The van der Waals surface area contributed by atoms with Crippen molar-refractivity contribution >= 4 is 16.7 Å². The normalized spacial score (nSPS) is 13.2. The van der Waals surface area contributed by atoms with Crippen LogP contribution in [0.2, 0.25) is 0 Å². The number of H-pyrrole nitrogens is 1. The third kappa shape index (κ3) is 3.55. The van der Waals surface area contributed by atoms with Crippen LogP contribution in [-0.4, -0.2) is 31.0 Å². The number of nitrogens with one attached hydrogen (secondary N) is 2. The third-order valence-corrected chi connectivity index (χ3v) is 5.03. The van der Waals surface area contributed by atoms with Gasteiger partial charge in [-0.1, -0.05) is 12.1 Å². The monoisotopic (exact) mass is 383 g/mol.